The Morgan fingerprint density at radius 2 is 1.98 bits per heavy atom. The quantitative estimate of drug-likeness (QED) is 0.176. The summed E-state index contributed by atoms with van der Waals surface area (Å²) < 4.78 is 41.0. The molecule has 1 atom stereocenters. The van der Waals surface area contributed by atoms with Gasteiger partial charge in [0.15, 0.2) is 29.4 Å². The number of pyridine rings is 2. The number of carbonyl (C=O) groups excluding carboxylic acids is 1. The number of rotatable bonds is 6. The van der Waals surface area contributed by atoms with Crippen LogP contribution in [0.4, 0.5) is 20.4 Å². The monoisotopic (exact) mass is 591 g/mol. The lowest BCUT2D eigenvalue weighted by Gasteiger charge is -2.23. The Balaban J connectivity index is 1.54. The van der Waals surface area contributed by atoms with Crippen molar-refractivity contribution in [3.05, 3.63) is 76.8 Å². The zero-order chi connectivity index (χ0) is 29.4. The molecule has 42 heavy (non-hydrogen) atoms. The minimum atomic E-state index is -0.878. The van der Waals surface area contributed by atoms with Gasteiger partial charge in [0, 0.05) is 23.8 Å². The van der Waals surface area contributed by atoms with Gasteiger partial charge in [0.05, 0.1) is 30.1 Å². The molecule has 1 unspecified atom stereocenters. The van der Waals surface area contributed by atoms with Crippen molar-refractivity contribution in [2.24, 2.45) is 0 Å². The van der Waals surface area contributed by atoms with Crippen molar-refractivity contribution in [1.82, 2.24) is 29.7 Å². The summed E-state index contributed by atoms with van der Waals surface area (Å²) in [7, 11) is 1.22. The predicted molar refractivity (Wildman–Crippen MR) is 151 cm³/mol. The molecule has 5 aromatic rings. The molecular weight excluding hydrogens is 568 g/mol. The van der Waals surface area contributed by atoms with Crippen LogP contribution in [0.2, 0.25) is 5.02 Å². The summed E-state index contributed by atoms with van der Waals surface area (Å²) in [6.07, 6.45) is 5.85. The first-order chi connectivity index (χ1) is 20.4. The van der Waals surface area contributed by atoms with Crippen molar-refractivity contribution in [2.45, 2.75) is 32.4 Å². The summed E-state index contributed by atoms with van der Waals surface area (Å²) in [5.74, 6) is -2.70. The summed E-state index contributed by atoms with van der Waals surface area (Å²) in [6, 6.07) is 8.96. The first-order valence-corrected chi connectivity index (χ1v) is 13.5. The van der Waals surface area contributed by atoms with Crippen LogP contribution >= 0.6 is 11.6 Å². The molecule has 5 heterocycles. The fraction of sp³-hybridized carbons (Fsp3) is 0.241. The van der Waals surface area contributed by atoms with Crippen LogP contribution in [0, 0.1) is 18.7 Å². The molecule has 0 bridgehead atoms. The Morgan fingerprint density at radius 1 is 1.12 bits per heavy atom. The fourth-order valence-electron chi connectivity index (χ4n) is 4.96. The molecule has 1 aliphatic rings. The van der Waals surface area contributed by atoms with Gasteiger partial charge in [-0.25, -0.2) is 28.8 Å². The number of hydrogen-bond acceptors (Lipinski definition) is 9. The Labute approximate surface area is 243 Å². The topological polar surface area (TPSA) is 117 Å². The second-order valence-electron chi connectivity index (χ2n) is 9.64. The van der Waals surface area contributed by atoms with Gasteiger partial charge in [-0.05, 0) is 62.1 Å². The van der Waals surface area contributed by atoms with Crippen molar-refractivity contribution in [1.29, 1.82) is 0 Å². The maximum absolute atomic E-state index is 14.4. The molecule has 1 aliphatic heterocycles. The first kappa shape index (κ1) is 27.6. The molecule has 1 saturated heterocycles. The van der Waals surface area contributed by atoms with E-state index < -0.39 is 17.7 Å². The van der Waals surface area contributed by atoms with Crippen LogP contribution < -0.4 is 5.32 Å². The van der Waals surface area contributed by atoms with Crippen molar-refractivity contribution in [3.63, 3.8) is 0 Å². The van der Waals surface area contributed by atoms with Crippen molar-refractivity contribution in [3.8, 4) is 22.6 Å². The SMILES string of the molecule is COC(=O)c1nc(-c2cccnc2Nc2nc(F)ccc2F)nc(-c2c(C)ccc3c2cnn3C2CCCCO2)c1Cl. The highest BCUT2D eigenvalue weighted by Gasteiger charge is 2.26. The zero-order valence-electron chi connectivity index (χ0n) is 22.6. The number of esters is 1. The third-order valence-electron chi connectivity index (χ3n) is 6.98. The molecule has 0 saturated carbocycles. The van der Waals surface area contributed by atoms with E-state index in [9.17, 15) is 13.6 Å². The number of anilines is 2. The number of fused-ring (bicyclic) bond motifs is 1. The van der Waals surface area contributed by atoms with E-state index in [1.54, 1.807) is 18.3 Å². The number of carbonyl (C=O) groups is 1. The van der Waals surface area contributed by atoms with E-state index in [1.165, 1.54) is 13.3 Å². The van der Waals surface area contributed by atoms with Gasteiger partial charge in [-0.3, -0.25) is 0 Å². The smallest absolute Gasteiger partial charge is 0.358 e. The molecule has 10 nitrogen and oxygen atoms in total. The number of ether oxygens (including phenoxy) is 2. The maximum Gasteiger partial charge on any atom is 0.358 e. The summed E-state index contributed by atoms with van der Waals surface area (Å²) in [4.78, 5) is 29.9. The second kappa shape index (κ2) is 11.4. The minimum Gasteiger partial charge on any atom is -0.464 e. The van der Waals surface area contributed by atoms with Crippen LogP contribution in [0.5, 0.6) is 0 Å². The molecule has 0 spiro atoms. The van der Waals surface area contributed by atoms with Crippen molar-refractivity contribution in [2.75, 3.05) is 19.0 Å². The lowest BCUT2D eigenvalue weighted by Crippen LogP contribution is -2.18. The number of benzene rings is 1. The summed E-state index contributed by atoms with van der Waals surface area (Å²) in [5.41, 5.74) is 2.65. The zero-order valence-corrected chi connectivity index (χ0v) is 23.3. The molecule has 0 radical (unpaired) electrons. The molecular formula is C29H24ClF2N7O3. The lowest BCUT2D eigenvalue weighted by atomic mass is 10.00. The second-order valence-corrected chi connectivity index (χ2v) is 10.0. The predicted octanol–water partition coefficient (Wildman–Crippen LogP) is 6.42. The largest absolute Gasteiger partial charge is 0.464 e. The van der Waals surface area contributed by atoms with Gasteiger partial charge in [-0.1, -0.05) is 17.7 Å². The average Bonchev–Trinajstić information content (AvgIpc) is 3.44. The van der Waals surface area contributed by atoms with E-state index in [1.807, 2.05) is 23.7 Å². The molecule has 1 N–H and O–H groups in total. The van der Waals surface area contributed by atoms with Gasteiger partial charge in [0.2, 0.25) is 5.95 Å². The van der Waals surface area contributed by atoms with E-state index in [0.29, 0.717) is 12.2 Å². The van der Waals surface area contributed by atoms with Crippen LogP contribution in [0.15, 0.2) is 48.8 Å². The Bertz CT molecular complexity index is 1830. The third-order valence-corrected chi connectivity index (χ3v) is 7.34. The highest BCUT2D eigenvalue weighted by molar-refractivity contribution is 6.36. The Hall–Kier alpha value is -4.55. The fourth-order valence-corrected chi connectivity index (χ4v) is 5.22. The molecule has 4 aromatic heterocycles. The van der Waals surface area contributed by atoms with Gasteiger partial charge in [0.1, 0.15) is 10.8 Å². The number of aryl methyl sites for hydroxylation is 1. The summed E-state index contributed by atoms with van der Waals surface area (Å²) >= 11 is 6.80. The van der Waals surface area contributed by atoms with E-state index in [0.717, 1.165) is 47.9 Å². The number of nitrogens with one attached hydrogen (secondary N) is 1. The van der Waals surface area contributed by atoms with Crippen LogP contribution in [0.1, 0.15) is 41.5 Å². The maximum atomic E-state index is 14.4. The standard InChI is InChI=1S/C29H24ClF2N7O3/c1-15-8-10-19-17(14-34-39(19)21-7-3-4-13-42-21)22(15)24-23(30)25(29(40)41-2)37-27(36-24)16-6-5-12-33-26(16)38-28-18(31)9-11-20(32)35-28/h5-6,8-12,14,21H,3-4,7,13H2,1-2H3,(H,33,35,38). The van der Waals surface area contributed by atoms with Gasteiger partial charge in [-0.2, -0.15) is 14.5 Å². The number of methoxy groups -OCH3 is 1. The van der Waals surface area contributed by atoms with E-state index in [4.69, 9.17) is 26.1 Å². The third kappa shape index (κ3) is 5.03. The Kier molecular flexibility index (Phi) is 7.48. The van der Waals surface area contributed by atoms with E-state index in [2.05, 4.69) is 25.4 Å². The highest BCUT2D eigenvalue weighted by Crippen LogP contribution is 2.39. The summed E-state index contributed by atoms with van der Waals surface area (Å²) in [5, 5.41) is 8.07. The van der Waals surface area contributed by atoms with Crippen LogP contribution in [-0.4, -0.2) is 49.4 Å². The molecule has 0 amide bonds. The van der Waals surface area contributed by atoms with Crippen LogP contribution in [-0.2, 0) is 9.47 Å². The molecule has 6 rings (SSSR count). The molecule has 214 valence electrons. The molecule has 0 aliphatic carbocycles. The molecule has 13 heteroatoms. The number of nitrogens with zero attached hydrogens (tertiary/aromatic N) is 6. The number of hydrogen-bond donors (Lipinski definition) is 1. The van der Waals surface area contributed by atoms with Gasteiger partial charge in [0.25, 0.3) is 0 Å². The van der Waals surface area contributed by atoms with Crippen molar-refractivity contribution < 1.29 is 23.0 Å². The van der Waals surface area contributed by atoms with Crippen molar-refractivity contribution >= 4 is 40.1 Å². The van der Waals surface area contributed by atoms with Crippen LogP contribution in [0.3, 0.4) is 0 Å². The normalized spacial score (nSPS) is 15.1. The first-order valence-electron chi connectivity index (χ1n) is 13.1. The number of aromatic nitrogens is 6. The van der Waals surface area contributed by atoms with E-state index in [-0.39, 0.29) is 45.7 Å². The van der Waals surface area contributed by atoms with Gasteiger partial charge >= 0.3 is 5.97 Å². The van der Waals surface area contributed by atoms with E-state index >= 15 is 0 Å². The Morgan fingerprint density at radius 3 is 2.76 bits per heavy atom. The highest BCUT2D eigenvalue weighted by atomic mass is 35.5. The minimum absolute atomic E-state index is 0.0147. The van der Waals surface area contributed by atoms with Crippen LogP contribution in [0.25, 0.3) is 33.5 Å². The van der Waals surface area contributed by atoms with Gasteiger partial charge < -0.3 is 14.8 Å². The summed E-state index contributed by atoms with van der Waals surface area (Å²) in [6.45, 7) is 2.56. The number of halogens is 3. The molecule has 1 fully saturated rings. The lowest BCUT2D eigenvalue weighted by molar-refractivity contribution is -0.0366. The average molecular weight is 592 g/mol. The van der Waals surface area contributed by atoms with Gasteiger partial charge in [-0.15, -0.1) is 0 Å². The molecule has 1 aromatic carbocycles.